The Morgan fingerprint density at radius 2 is 1.82 bits per heavy atom. The van der Waals surface area contributed by atoms with Crippen molar-refractivity contribution in [3.63, 3.8) is 0 Å². The van der Waals surface area contributed by atoms with Gasteiger partial charge in [-0.25, -0.2) is 4.79 Å². The number of rotatable bonds is 3. The molecule has 0 bridgehead atoms. The Morgan fingerprint density at radius 1 is 1.24 bits per heavy atom. The molecule has 1 aromatic carbocycles. The number of carboxylic acid groups (broad SMARTS) is 1. The third-order valence-corrected chi connectivity index (χ3v) is 3.44. The first-order valence-electron chi connectivity index (χ1n) is 6.18. The lowest BCUT2D eigenvalue weighted by Gasteiger charge is -2.10. The van der Waals surface area contributed by atoms with Gasteiger partial charge in [0.25, 0.3) is 0 Å². The van der Waals surface area contributed by atoms with Crippen molar-refractivity contribution in [1.29, 1.82) is 0 Å². The average molecular weight is 230 g/mol. The molecule has 0 radical (unpaired) electrons. The van der Waals surface area contributed by atoms with Crippen LogP contribution in [0.5, 0.6) is 0 Å². The monoisotopic (exact) mass is 230 g/mol. The molecular formula is C15H18O2. The van der Waals surface area contributed by atoms with Crippen molar-refractivity contribution >= 4 is 12.0 Å². The van der Waals surface area contributed by atoms with E-state index in [1.807, 2.05) is 37.3 Å². The van der Waals surface area contributed by atoms with Gasteiger partial charge in [-0.1, -0.05) is 42.7 Å². The standard InChI is InChI=1S/C15H18O2/c1-11-6-8-12(9-7-11)10-14(15(16)17)13-4-2-3-5-13/h6-10,13H,2-5H2,1H3,(H,16,17)/b14-10+. The van der Waals surface area contributed by atoms with E-state index >= 15 is 0 Å². The lowest BCUT2D eigenvalue weighted by Crippen LogP contribution is -2.09. The van der Waals surface area contributed by atoms with Gasteiger partial charge in [-0.3, -0.25) is 0 Å². The Balaban J connectivity index is 2.25. The van der Waals surface area contributed by atoms with E-state index in [2.05, 4.69) is 0 Å². The molecule has 2 heteroatoms. The van der Waals surface area contributed by atoms with E-state index in [0.717, 1.165) is 31.2 Å². The summed E-state index contributed by atoms with van der Waals surface area (Å²) < 4.78 is 0. The van der Waals surface area contributed by atoms with E-state index in [1.165, 1.54) is 5.56 Å². The number of aryl methyl sites for hydroxylation is 1. The predicted octanol–water partition coefficient (Wildman–Crippen LogP) is 3.65. The van der Waals surface area contributed by atoms with Crippen LogP contribution in [0, 0.1) is 12.8 Å². The van der Waals surface area contributed by atoms with E-state index < -0.39 is 5.97 Å². The fourth-order valence-corrected chi connectivity index (χ4v) is 2.43. The van der Waals surface area contributed by atoms with Gasteiger partial charge in [-0.2, -0.15) is 0 Å². The topological polar surface area (TPSA) is 37.3 Å². The second-order valence-corrected chi connectivity index (χ2v) is 4.80. The molecule has 0 aromatic heterocycles. The molecule has 0 unspecified atom stereocenters. The molecular weight excluding hydrogens is 212 g/mol. The summed E-state index contributed by atoms with van der Waals surface area (Å²) in [5.74, 6) is -0.522. The molecule has 1 saturated carbocycles. The molecule has 1 aromatic rings. The molecule has 0 saturated heterocycles. The number of benzene rings is 1. The Hall–Kier alpha value is -1.57. The fourth-order valence-electron chi connectivity index (χ4n) is 2.43. The maximum Gasteiger partial charge on any atom is 0.331 e. The summed E-state index contributed by atoms with van der Waals surface area (Å²) in [6, 6.07) is 7.99. The summed E-state index contributed by atoms with van der Waals surface area (Å²) in [5, 5.41) is 9.28. The molecule has 2 nitrogen and oxygen atoms in total. The van der Waals surface area contributed by atoms with Crippen LogP contribution in [0.15, 0.2) is 29.8 Å². The number of aliphatic carboxylic acids is 1. The van der Waals surface area contributed by atoms with Crippen LogP contribution in [0.2, 0.25) is 0 Å². The number of hydrogen-bond donors (Lipinski definition) is 1. The van der Waals surface area contributed by atoms with Gasteiger partial charge >= 0.3 is 5.97 Å². The normalized spacial score (nSPS) is 17.4. The van der Waals surface area contributed by atoms with Crippen molar-refractivity contribution in [2.24, 2.45) is 5.92 Å². The number of hydrogen-bond acceptors (Lipinski definition) is 1. The largest absolute Gasteiger partial charge is 0.478 e. The fraction of sp³-hybridized carbons (Fsp3) is 0.400. The molecule has 0 heterocycles. The molecule has 2 rings (SSSR count). The zero-order valence-electron chi connectivity index (χ0n) is 10.1. The van der Waals surface area contributed by atoms with Crippen LogP contribution in [-0.2, 0) is 4.79 Å². The second kappa shape index (κ2) is 5.17. The highest BCUT2D eigenvalue weighted by Gasteiger charge is 2.23. The van der Waals surface area contributed by atoms with Crippen LogP contribution < -0.4 is 0 Å². The quantitative estimate of drug-likeness (QED) is 0.805. The van der Waals surface area contributed by atoms with E-state index in [1.54, 1.807) is 0 Å². The van der Waals surface area contributed by atoms with Gasteiger partial charge in [0, 0.05) is 5.57 Å². The van der Waals surface area contributed by atoms with Crippen LogP contribution in [0.4, 0.5) is 0 Å². The van der Waals surface area contributed by atoms with Crippen molar-refractivity contribution in [2.45, 2.75) is 32.6 Å². The lowest BCUT2D eigenvalue weighted by atomic mass is 9.95. The minimum absolute atomic E-state index is 0.244. The van der Waals surface area contributed by atoms with E-state index in [4.69, 9.17) is 0 Å². The molecule has 0 atom stereocenters. The number of carboxylic acids is 1. The maximum atomic E-state index is 11.3. The smallest absolute Gasteiger partial charge is 0.331 e. The van der Waals surface area contributed by atoms with Gasteiger partial charge in [0.2, 0.25) is 0 Å². The highest BCUT2D eigenvalue weighted by atomic mass is 16.4. The lowest BCUT2D eigenvalue weighted by molar-refractivity contribution is -0.133. The van der Waals surface area contributed by atoms with Gasteiger partial charge < -0.3 is 5.11 Å². The Kier molecular flexibility index (Phi) is 3.62. The van der Waals surface area contributed by atoms with Crippen molar-refractivity contribution in [2.75, 3.05) is 0 Å². The van der Waals surface area contributed by atoms with Gasteiger partial charge in [0.1, 0.15) is 0 Å². The molecule has 0 amide bonds. The molecule has 0 spiro atoms. The van der Waals surface area contributed by atoms with E-state index in [-0.39, 0.29) is 5.92 Å². The Labute approximate surface area is 102 Å². The van der Waals surface area contributed by atoms with Crippen LogP contribution in [0.3, 0.4) is 0 Å². The van der Waals surface area contributed by atoms with E-state index in [0.29, 0.717) is 5.57 Å². The summed E-state index contributed by atoms with van der Waals surface area (Å²) in [6.07, 6.45) is 6.18. The molecule has 1 fully saturated rings. The zero-order valence-corrected chi connectivity index (χ0v) is 10.1. The summed E-state index contributed by atoms with van der Waals surface area (Å²) in [7, 11) is 0. The highest BCUT2D eigenvalue weighted by Crippen LogP contribution is 2.32. The van der Waals surface area contributed by atoms with Gasteiger partial charge in [0.05, 0.1) is 0 Å². The van der Waals surface area contributed by atoms with Crippen LogP contribution >= 0.6 is 0 Å². The van der Waals surface area contributed by atoms with Gasteiger partial charge in [0.15, 0.2) is 0 Å². The van der Waals surface area contributed by atoms with Gasteiger partial charge in [-0.15, -0.1) is 0 Å². The third-order valence-electron chi connectivity index (χ3n) is 3.44. The molecule has 90 valence electrons. The van der Waals surface area contributed by atoms with E-state index in [9.17, 15) is 9.90 Å². The van der Waals surface area contributed by atoms with Crippen molar-refractivity contribution in [3.05, 3.63) is 41.0 Å². The minimum atomic E-state index is -0.766. The van der Waals surface area contributed by atoms with Crippen molar-refractivity contribution < 1.29 is 9.90 Å². The predicted molar refractivity (Wildman–Crippen MR) is 68.7 cm³/mol. The van der Waals surface area contributed by atoms with Crippen molar-refractivity contribution in [1.82, 2.24) is 0 Å². The average Bonchev–Trinajstić information content (AvgIpc) is 2.81. The first kappa shape index (κ1) is 11.9. The molecule has 1 N–H and O–H groups in total. The van der Waals surface area contributed by atoms with Crippen molar-refractivity contribution in [3.8, 4) is 0 Å². The summed E-state index contributed by atoms with van der Waals surface area (Å²) in [4.78, 5) is 11.3. The van der Waals surface area contributed by atoms with Crippen LogP contribution in [-0.4, -0.2) is 11.1 Å². The first-order valence-corrected chi connectivity index (χ1v) is 6.18. The van der Waals surface area contributed by atoms with Crippen LogP contribution in [0.1, 0.15) is 36.8 Å². The SMILES string of the molecule is Cc1ccc(/C=C(/C(=O)O)C2CCCC2)cc1. The molecule has 1 aliphatic carbocycles. The second-order valence-electron chi connectivity index (χ2n) is 4.80. The zero-order chi connectivity index (χ0) is 12.3. The number of carbonyl (C=O) groups is 1. The molecule has 1 aliphatic rings. The maximum absolute atomic E-state index is 11.3. The minimum Gasteiger partial charge on any atom is -0.478 e. The summed E-state index contributed by atoms with van der Waals surface area (Å²) in [5.41, 5.74) is 2.76. The Morgan fingerprint density at radius 3 is 2.35 bits per heavy atom. The molecule has 17 heavy (non-hydrogen) atoms. The third kappa shape index (κ3) is 2.96. The first-order chi connectivity index (χ1) is 8.16. The summed E-state index contributed by atoms with van der Waals surface area (Å²) in [6.45, 7) is 2.03. The Bertz CT molecular complexity index is 423. The van der Waals surface area contributed by atoms with Crippen LogP contribution in [0.25, 0.3) is 6.08 Å². The molecule has 0 aliphatic heterocycles. The highest BCUT2D eigenvalue weighted by molar-refractivity contribution is 5.92. The van der Waals surface area contributed by atoms with Gasteiger partial charge in [-0.05, 0) is 37.3 Å². The summed E-state index contributed by atoms with van der Waals surface area (Å²) >= 11 is 0.